The molecule has 2 nitrogen and oxygen atoms in total. The van der Waals surface area contributed by atoms with Crippen molar-refractivity contribution in [1.82, 2.24) is 0 Å². The van der Waals surface area contributed by atoms with Crippen LogP contribution in [0, 0.1) is 0 Å². The predicted molar refractivity (Wildman–Crippen MR) is 68.5 cm³/mol. The first-order valence-electron chi connectivity index (χ1n) is 5.73. The van der Waals surface area contributed by atoms with Crippen LogP contribution in [0.15, 0.2) is 60.7 Å². The average molecular weight is 252 g/mol. The molecule has 2 rings (SSSR count). The second kappa shape index (κ2) is 7.72. The molecular formula is C15H17NaO2. The van der Waals surface area contributed by atoms with Crippen molar-refractivity contribution in [3.63, 3.8) is 0 Å². The fourth-order valence-corrected chi connectivity index (χ4v) is 1.83. The maximum Gasteiger partial charge on any atom is 1.00 e. The van der Waals surface area contributed by atoms with Crippen LogP contribution in [0.25, 0.3) is 0 Å². The number of aliphatic hydroxyl groups excluding tert-OH is 2. The van der Waals surface area contributed by atoms with Crippen LogP contribution in [0.4, 0.5) is 0 Å². The molecule has 0 heterocycles. The van der Waals surface area contributed by atoms with Crippen LogP contribution in [-0.4, -0.2) is 10.2 Å². The van der Waals surface area contributed by atoms with Gasteiger partial charge in [0.1, 0.15) is 0 Å². The number of hydrogen-bond donors (Lipinski definition) is 2. The summed E-state index contributed by atoms with van der Waals surface area (Å²) in [5.41, 5.74) is 1.67. The van der Waals surface area contributed by atoms with Crippen LogP contribution in [0.3, 0.4) is 0 Å². The largest absolute Gasteiger partial charge is 1.00 e. The fraction of sp³-hybridized carbons (Fsp3) is 0.200. The van der Waals surface area contributed by atoms with Gasteiger partial charge in [-0.3, -0.25) is 0 Å². The van der Waals surface area contributed by atoms with E-state index in [-0.39, 0.29) is 31.0 Å². The molecule has 2 aromatic rings. The SMILES string of the molecule is OC(CC(O)c1ccccc1)c1ccccc1.[H-].[Na+]. The molecule has 18 heavy (non-hydrogen) atoms. The minimum atomic E-state index is -0.633. The second-order valence-electron chi connectivity index (χ2n) is 4.09. The Kier molecular flexibility index (Phi) is 6.61. The van der Waals surface area contributed by atoms with E-state index in [0.29, 0.717) is 6.42 Å². The van der Waals surface area contributed by atoms with Crippen LogP contribution in [0.2, 0.25) is 0 Å². The molecule has 90 valence electrons. The van der Waals surface area contributed by atoms with E-state index in [1.807, 2.05) is 60.7 Å². The van der Waals surface area contributed by atoms with Gasteiger partial charge in [-0.05, 0) is 11.1 Å². The Balaban J connectivity index is 0.00000162. The van der Waals surface area contributed by atoms with Gasteiger partial charge in [-0.15, -0.1) is 0 Å². The second-order valence-corrected chi connectivity index (χ2v) is 4.09. The van der Waals surface area contributed by atoms with Gasteiger partial charge in [0.2, 0.25) is 0 Å². The van der Waals surface area contributed by atoms with Gasteiger partial charge in [-0.25, -0.2) is 0 Å². The van der Waals surface area contributed by atoms with Crippen LogP contribution < -0.4 is 29.6 Å². The molecule has 2 aromatic carbocycles. The van der Waals surface area contributed by atoms with Crippen LogP contribution >= 0.6 is 0 Å². The third kappa shape index (κ3) is 4.23. The molecule has 0 radical (unpaired) electrons. The molecule has 0 aliphatic carbocycles. The summed E-state index contributed by atoms with van der Waals surface area (Å²) in [6.45, 7) is 0. The third-order valence-corrected chi connectivity index (χ3v) is 2.82. The van der Waals surface area contributed by atoms with E-state index < -0.39 is 12.2 Å². The standard InChI is InChI=1S/C15H16O2.Na.H/c16-14(12-7-3-1-4-8-12)11-15(17)13-9-5-2-6-10-13;;/h1-10,14-17H,11H2;;/q;+1;-1. The summed E-state index contributed by atoms with van der Waals surface area (Å²) in [5, 5.41) is 20.0. The first kappa shape index (κ1) is 15.4. The molecule has 0 fully saturated rings. The summed E-state index contributed by atoms with van der Waals surface area (Å²) >= 11 is 0. The van der Waals surface area contributed by atoms with E-state index in [9.17, 15) is 10.2 Å². The molecule has 0 amide bonds. The fourth-order valence-electron chi connectivity index (χ4n) is 1.83. The summed E-state index contributed by atoms with van der Waals surface area (Å²) in [6.07, 6.45) is -0.952. The predicted octanol–water partition coefficient (Wildman–Crippen LogP) is -0.0398. The van der Waals surface area contributed by atoms with E-state index >= 15 is 0 Å². The summed E-state index contributed by atoms with van der Waals surface area (Å²) in [6, 6.07) is 18.8. The molecule has 3 heteroatoms. The zero-order valence-corrected chi connectivity index (χ0v) is 12.5. The van der Waals surface area contributed by atoms with Crippen molar-refractivity contribution in [2.75, 3.05) is 0 Å². The zero-order valence-electron chi connectivity index (χ0n) is 11.5. The van der Waals surface area contributed by atoms with Gasteiger partial charge in [-0.2, -0.15) is 0 Å². The van der Waals surface area contributed by atoms with Crippen molar-refractivity contribution < 1.29 is 41.2 Å². The van der Waals surface area contributed by atoms with Gasteiger partial charge in [0, 0.05) is 6.42 Å². The number of benzene rings is 2. The first-order chi connectivity index (χ1) is 8.27. The number of rotatable bonds is 4. The van der Waals surface area contributed by atoms with Gasteiger partial charge in [0.15, 0.2) is 0 Å². The normalized spacial score (nSPS) is 13.4. The van der Waals surface area contributed by atoms with Crippen molar-refractivity contribution in [3.8, 4) is 0 Å². The van der Waals surface area contributed by atoms with E-state index in [4.69, 9.17) is 0 Å². The average Bonchev–Trinajstić information content (AvgIpc) is 2.40. The Morgan fingerprint density at radius 2 is 1.06 bits per heavy atom. The van der Waals surface area contributed by atoms with Crippen molar-refractivity contribution in [2.45, 2.75) is 18.6 Å². The Hall–Kier alpha value is -0.640. The van der Waals surface area contributed by atoms with Crippen molar-refractivity contribution in [2.24, 2.45) is 0 Å². The van der Waals surface area contributed by atoms with E-state index in [1.165, 1.54) is 0 Å². The van der Waals surface area contributed by atoms with Crippen LogP contribution in [0.5, 0.6) is 0 Å². The van der Waals surface area contributed by atoms with E-state index in [2.05, 4.69) is 0 Å². The molecule has 2 N–H and O–H groups in total. The monoisotopic (exact) mass is 252 g/mol. The van der Waals surface area contributed by atoms with Crippen molar-refractivity contribution >= 4 is 0 Å². The van der Waals surface area contributed by atoms with Gasteiger partial charge in [0.05, 0.1) is 12.2 Å². The van der Waals surface area contributed by atoms with E-state index in [0.717, 1.165) is 11.1 Å². The molecule has 0 spiro atoms. The summed E-state index contributed by atoms with van der Waals surface area (Å²) in [7, 11) is 0. The summed E-state index contributed by atoms with van der Waals surface area (Å²) in [4.78, 5) is 0. The molecule has 2 atom stereocenters. The maximum absolute atomic E-state index is 9.99. The Morgan fingerprint density at radius 1 is 0.722 bits per heavy atom. The Bertz CT molecular complexity index is 407. The molecule has 0 saturated carbocycles. The number of aliphatic hydroxyl groups is 2. The molecular weight excluding hydrogens is 235 g/mol. The van der Waals surface area contributed by atoms with Gasteiger partial charge in [-0.1, -0.05) is 60.7 Å². The molecule has 0 aromatic heterocycles. The van der Waals surface area contributed by atoms with Crippen molar-refractivity contribution in [1.29, 1.82) is 0 Å². The topological polar surface area (TPSA) is 40.5 Å². The molecule has 0 aliphatic heterocycles. The Morgan fingerprint density at radius 3 is 1.39 bits per heavy atom. The summed E-state index contributed by atoms with van der Waals surface area (Å²) < 4.78 is 0. The van der Waals surface area contributed by atoms with E-state index in [1.54, 1.807) is 0 Å². The zero-order chi connectivity index (χ0) is 12.1. The Labute approximate surface area is 131 Å². The molecule has 0 saturated heterocycles. The van der Waals surface area contributed by atoms with Gasteiger partial charge < -0.3 is 11.6 Å². The van der Waals surface area contributed by atoms with Crippen LogP contribution in [0.1, 0.15) is 31.2 Å². The minimum Gasteiger partial charge on any atom is -1.00 e. The minimum absolute atomic E-state index is 0. The molecule has 0 aliphatic rings. The van der Waals surface area contributed by atoms with Crippen molar-refractivity contribution in [3.05, 3.63) is 71.8 Å². The van der Waals surface area contributed by atoms with Crippen LogP contribution in [-0.2, 0) is 0 Å². The molecule has 0 bridgehead atoms. The quantitative estimate of drug-likeness (QED) is 0.750. The number of hydrogen-bond acceptors (Lipinski definition) is 2. The third-order valence-electron chi connectivity index (χ3n) is 2.82. The summed E-state index contributed by atoms with van der Waals surface area (Å²) in [5.74, 6) is 0. The first-order valence-corrected chi connectivity index (χ1v) is 5.73. The smallest absolute Gasteiger partial charge is 1.00 e. The molecule has 2 unspecified atom stereocenters. The maximum atomic E-state index is 9.99. The van der Waals surface area contributed by atoms with Gasteiger partial charge in [0.25, 0.3) is 0 Å². The van der Waals surface area contributed by atoms with Gasteiger partial charge >= 0.3 is 29.6 Å².